The highest BCUT2D eigenvalue weighted by Crippen LogP contribution is 2.22. The molecule has 6 heteroatoms. The van der Waals surface area contributed by atoms with Gasteiger partial charge in [-0.15, -0.1) is 0 Å². The zero-order chi connectivity index (χ0) is 14.5. The minimum atomic E-state index is -3.05. The van der Waals surface area contributed by atoms with Crippen molar-refractivity contribution in [1.29, 1.82) is 0 Å². The number of rotatable bonds is 5. The van der Waals surface area contributed by atoms with Gasteiger partial charge in [0.2, 0.25) is 5.88 Å². The van der Waals surface area contributed by atoms with Crippen LogP contribution < -0.4 is 9.47 Å². The van der Waals surface area contributed by atoms with Gasteiger partial charge in [0.05, 0.1) is 7.11 Å². The monoisotopic (exact) mass is 283 g/mol. The van der Waals surface area contributed by atoms with Crippen molar-refractivity contribution >= 4 is 0 Å². The van der Waals surface area contributed by atoms with E-state index in [4.69, 9.17) is 4.74 Å². The molecule has 0 aliphatic carbocycles. The lowest BCUT2D eigenvalue weighted by molar-refractivity contribution is -0.0522. The van der Waals surface area contributed by atoms with Crippen LogP contribution in [0.25, 0.3) is 0 Å². The van der Waals surface area contributed by atoms with Gasteiger partial charge in [0, 0.05) is 12.3 Å². The summed E-state index contributed by atoms with van der Waals surface area (Å²) < 4.78 is 46.6. The molecule has 0 unspecified atom stereocenters. The first-order valence-electron chi connectivity index (χ1n) is 5.80. The van der Waals surface area contributed by atoms with Crippen molar-refractivity contribution in [2.45, 2.75) is 13.0 Å². The van der Waals surface area contributed by atoms with Gasteiger partial charge in [-0.2, -0.15) is 8.78 Å². The molecule has 0 N–H and O–H groups in total. The van der Waals surface area contributed by atoms with Crippen molar-refractivity contribution < 1.29 is 22.6 Å². The molecule has 0 atom stereocenters. The van der Waals surface area contributed by atoms with Gasteiger partial charge in [0.15, 0.2) is 11.6 Å². The second-order valence-corrected chi connectivity index (χ2v) is 4.03. The Balaban J connectivity index is 2.16. The minimum absolute atomic E-state index is 0.427. The fraction of sp³-hybridized carbons (Fsp3) is 0.214. The molecule has 0 radical (unpaired) electrons. The van der Waals surface area contributed by atoms with Gasteiger partial charge in [-0.05, 0) is 29.7 Å². The largest absolute Gasteiger partial charge is 0.481 e. The van der Waals surface area contributed by atoms with Gasteiger partial charge >= 0.3 is 6.61 Å². The van der Waals surface area contributed by atoms with Gasteiger partial charge in [-0.25, -0.2) is 9.37 Å². The topological polar surface area (TPSA) is 31.4 Å². The lowest BCUT2D eigenvalue weighted by Gasteiger charge is -2.08. The van der Waals surface area contributed by atoms with E-state index in [0.717, 1.165) is 11.6 Å². The number of halogens is 3. The summed E-state index contributed by atoms with van der Waals surface area (Å²) in [6.45, 7) is -3.05. The van der Waals surface area contributed by atoms with E-state index in [1.165, 1.54) is 19.2 Å². The average Bonchev–Trinajstić information content (AvgIpc) is 2.43. The molecular formula is C14H12F3NO2. The maximum atomic E-state index is 13.3. The smallest absolute Gasteiger partial charge is 0.387 e. The van der Waals surface area contributed by atoms with Gasteiger partial charge in [-0.3, -0.25) is 0 Å². The predicted molar refractivity (Wildman–Crippen MR) is 66.6 cm³/mol. The van der Waals surface area contributed by atoms with Crippen molar-refractivity contribution in [2.24, 2.45) is 0 Å². The highest BCUT2D eigenvalue weighted by molar-refractivity contribution is 5.34. The summed E-state index contributed by atoms with van der Waals surface area (Å²) in [6, 6.07) is 7.35. The van der Waals surface area contributed by atoms with E-state index < -0.39 is 18.2 Å². The Labute approximate surface area is 114 Å². The third kappa shape index (κ3) is 3.63. The number of ether oxygens (including phenoxy) is 2. The van der Waals surface area contributed by atoms with Crippen LogP contribution >= 0.6 is 0 Å². The first-order chi connectivity index (χ1) is 9.58. The van der Waals surface area contributed by atoms with Crippen LogP contribution in [0.4, 0.5) is 13.2 Å². The second kappa shape index (κ2) is 6.27. The Morgan fingerprint density at radius 1 is 1.15 bits per heavy atom. The molecule has 0 fully saturated rings. The number of benzene rings is 1. The number of hydrogen-bond donors (Lipinski definition) is 0. The summed E-state index contributed by atoms with van der Waals surface area (Å²) >= 11 is 0. The quantitative estimate of drug-likeness (QED) is 0.842. The zero-order valence-corrected chi connectivity index (χ0v) is 10.6. The molecule has 20 heavy (non-hydrogen) atoms. The van der Waals surface area contributed by atoms with Gasteiger partial charge in [0.1, 0.15) is 0 Å². The van der Waals surface area contributed by atoms with Gasteiger partial charge in [-0.1, -0.05) is 12.1 Å². The fourth-order valence-electron chi connectivity index (χ4n) is 1.72. The lowest BCUT2D eigenvalue weighted by Crippen LogP contribution is -2.04. The van der Waals surface area contributed by atoms with E-state index >= 15 is 0 Å². The number of alkyl halides is 2. The fourth-order valence-corrected chi connectivity index (χ4v) is 1.72. The molecule has 3 nitrogen and oxygen atoms in total. The maximum Gasteiger partial charge on any atom is 0.387 e. The standard InChI is InChI=1S/C14H12F3NO2/c1-19-13-5-3-10(8-18-13)6-9-2-4-11(15)12(7-9)20-14(16)17/h2-5,7-8,14H,6H2,1H3. The zero-order valence-electron chi connectivity index (χ0n) is 10.6. The third-order valence-corrected chi connectivity index (χ3v) is 2.63. The Morgan fingerprint density at radius 3 is 2.50 bits per heavy atom. The number of aromatic nitrogens is 1. The number of hydrogen-bond acceptors (Lipinski definition) is 3. The first kappa shape index (κ1) is 14.2. The Hall–Kier alpha value is -2.24. The summed E-state index contributed by atoms with van der Waals surface area (Å²) in [5, 5.41) is 0. The summed E-state index contributed by atoms with van der Waals surface area (Å²) in [5.41, 5.74) is 1.49. The van der Waals surface area contributed by atoms with E-state index in [1.807, 2.05) is 0 Å². The first-order valence-corrected chi connectivity index (χ1v) is 5.80. The molecule has 2 aromatic rings. The Morgan fingerprint density at radius 2 is 1.90 bits per heavy atom. The molecule has 0 bridgehead atoms. The molecular weight excluding hydrogens is 271 g/mol. The van der Waals surface area contributed by atoms with E-state index in [-0.39, 0.29) is 0 Å². The second-order valence-electron chi connectivity index (χ2n) is 4.03. The summed E-state index contributed by atoms with van der Waals surface area (Å²) in [7, 11) is 1.51. The summed E-state index contributed by atoms with van der Waals surface area (Å²) in [5.74, 6) is -0.796. The summed E-state index contributed by atoms with van der Waals surface area (Å²) in [6.07, 6.45) is 2.03. The molecule has 0 saturated carbocycles. The van der Waals surface area contributed by atoms with Crippen molar-refractivity contribution in [1.82, 2.24) is 4.98 Å². The number of pyridine rings is 1. The van der Waals surface area contributed by atoms with E-state index in [2.05, 4.69) is 9.72 Å². The molecule has 0 aliphatic rings. The number of methoxy groups -OCH3 is 1. The highest BCUT2D eigenvalue weighted by atomic mass is 19.3. The highest BCUT2D eigenvalue weighted by Gasteiger charge is 2.11. The molecule has 0 amide bonds. The predicted octanol–water partition coefficient (Wildman–Crippen LogP) is 3.42. The minimum Gasteiger partial charge on any atom is -0.481 e. The average molecular weight is 283 g/mol. The summed E-state index contributed by atoms with van der Waals surface area (Å²) in [4.78, 5) is 4.03. The molecule has 0 saturated heterocycles. The molecule has 106 valence electrons. The van der Waals surface area contributed by atoms with E-state index in [0.29, 0.717) is 17.9 Å². The van der Waals surface area contributed by atoms with Crippen LogP contribution in [0.15, 0.2) is 36.5 Å². The normalized spacial score (nSPS) is 10.7. The van der Waals surface area contributed by atoms with Crippen LogP contribution in [0.5, 0.6) is 11.6 Å². The van der Waals surface area contributed by atoms with E-state index in [9.17, 15) is 13.2 Å². The van der Waals surface area contributed by atoms with Crippen LogP contribution in [-0.4, -0.2) is 18.7 Å². The Bertz CT molecular complexity index is 573. The van der Waals surface area contributed by atoms with Crippen molar-refractivity contribution in [3.8, 4) is 11.6 Å². The molecule has 1 aromatic heterocycles. The Kier molecular flexibility index (Phi) is 4.45. The van der Waals surface area contributed by atoms with Crippen LogP contribution in [-0.2, 0) is 6.42 Å². The van der Waals surface area contributed by atoms with Gasteiger partial charge in [0.25, 0.3) is 0 Å². The van der Waals surface area contributed by atoms with E-state index in [1.54, 1.807) is 18.3 Å². The molecule has 2 rings (SSSR count). The lowest BCUT2D eigenvalue weighted by atomic mass is 10.1. The third-order valence-electron chi connectivity index (χ3n) is 2.63. The van der Waals surface area contributed by atoms with Gasteiger partial charge < -0.3 is 9.47 Å². The van der Waals surface area contributed by atoms with Crippen LogP contribution in [0, 0.1) is 5.82 Å². The number of nitrogens with zero attached hydrogens (tertiary/aromatic N) is 1. The van der Waals surface area contributed by atoms with Crippen molar-refractivity contribution in [2.75, 3.05) is 7.11 Å². The molecule has 0 aliphatic heterocycles. The SMILES string of the molecule is COc1ccc(Cc2ccc(F)c(OC(F)F)c2)cn1. The molecule has 1 heterocycles. The van der Waals surface area contributed by atoms with Crippen LogP contribution in [0.2, 0.25) is 0 Å². The van der Waals surface area contributed by atoms with Crippen molar-refractivity contribution in [3.05, 3.63) is 53.5 Å². The van der Waals surface area contributed by atoms with Crippen LogP contribution in [0.1, 0.15) is 11.1 Å². The molecule has 0 spiro atoms. The maximum absolute atomic E-state index is 13.3. The van der Waals surface area contributed by atoms with Crippen molar-refractivity contribution in [3.63, 3.8) is 0 Å². The molecule has 1 aromatic carbocycles. The van der Waals surface area contributed by atoms with Crippen LogP contribution in [0.3, 0.4) is 0 Å².